The SMILES string of the molecule is CC(=O)NC(CC(=O)O)C(=O)c1cc2oc(=O)c(C)c(NC(=O)C(N)CC(=O)O)c2c(C(=O)C(N)C(C)C)c1C(=O)C(N)CCC(=O)O. The van der Waals surface area contributed by atoms with Crippen LogP contribution in [-0.4, -0.2) is 86.6 Å². The zero-order valence-electron chi connectivity index (χ0n) is 26.4. The van der Waals surface area contributed by atoms with Crippen molar-refractivity contribution in [3.05, 3.63) is 38.7 Å². The molecule has 48 heavy (non-hydrogen) atoms. The van der Waals surface area contributed by atoms with Crippen molar-refractivity contribution in [1.82, 2.24) is 5.32 Å². The molecule has 0 saturated heterocycles. The molecule has 0 fully saturated rings. The number of carboxylic acids is 3. The second-order valence-electron chi connectivity index (χ2n) is 11.4. The van der Waals surface area contributed by atoms with Crippen LogP contribution in [0, 0.1) is 12.8 Å². The lowest BCUT2D eigenvalue weighted by atomic mass is 9.82. The number of anilines is 1. The van der Waals surface area contributed by atoms with E-state index in [9.17, 15) is 53.4 Å². The van der Waals surface area contributed by atoms with Crippen LogP contribution in [0.2, 0.25) is 0 Å². The number of rotatable bonds is 17. The van der Waals surface area contributed by atoms with E-state index in [1.165, 1.54) is 6.92 Å². The molecular formula is C30H37N5O13. The number of aliphatic carboxylic acids is 3. The van der Waals surface area contributed by atoms with E-state index in [0.717, 1.165) is 13.0 Å². The molecule has 0 aliphatic rings. The number of hydrogen-bond donors (Lipinski definition) is 8. The molecule has 2 aromatic rings. The van der Waals surface area contributed by atoms with Crippen LogP contribution in [0.4, 0.5) is 5.69 Å². The first-order valence-corrected chi connectivity index (χ1v) is 14.5. The molecule has 11 N–H and O–H groups in total. The molecule has 2 amide bonds. The Hall–Kier alpha value is -5.33. The molecule has 4 unspecified atom stereocenters. The van der Waals surface area contributed by atoms with Crippen molar-refractivity contribution in [2.24, 2.45) is 23.1 Å². The van der Waals surface area contributed by atoms with Crippen LogP contribution in [0.1, 0.15) is 83.1 Å². The summed E-state index contributed by atoms with van der Waals surface area (Å²) in [6.45, 7) is 5.23. The van der Waals surface area contributed by atoms with Gasteiger partial charge in [0.1, 0.15) is 11.6 Å². The van der Waals surface area contributed by atoms with Gasteiger partial charge >= 0.3 is 23.5 Å². The molecule has 4 atom stereocenters. The van der Waals surface area contributed by atoms with Gasteiger partial charge in [-0.3, -0.25) is 38.4 Å². The van der Waals surface area contributed by atoms with Crippen molar-refractivity contribution in [1.29, 1.82) is 0 Å². The van der Waals surface area contributed by atoms with Gasteiger partial charge in [-0.25, -0.2) is 4.79 Å². The van der Waals surface area contributed by atoms with Crippen molar-refractivity contribution >= 4 is 63.7 Å². The summed E-state index contributed by atoms with van der Waals surface area (Å²) >= 11 is 0. The number of carbonyl (C=O) groups is 8. The minimum absolute atomic E-state index is 0.347. The number of carboxylic acid groups (broad SMARTS) is 3. The summed E-state index contributed by atoms with van der Waals surface area (Å²) in [5, 5.41) is 31.7. The van der Waals surface area contributed by atoms with E-state index in [-0.39, 0.29) is 5.56 Å². The molecule has 0 radical (unpaired) electrons. The molecule has 0 aliphatic heterocycles. The number of amides is 2. The highest BCUT2D eigenvalue weighted by molar-refractivity contribution is 6.26. The molecule has 18 nitrogen and oxygen atoms in total. The lowest BCUT2D eigenvalue weighted by molar-refractivity contribution is -0.139. The summed E-state index contributed by atoms with van der Waals surface area (Å²) in [6.07, 6.45) is -2.96. The summed E-state index contributed by atoms with van der Waals surface area (Å²) < 4.78 is 5.38. The van der Waals surface area contributed by atoms with Crippen LogP contribution < -0.4 is 33.5 Å². The number of nitrogens with two attached hydrogens (primary N) is 3. The minimum Gasteiger partial charge on any atom is -0.481 e. The fourth-order valence-corrected chi connectivity index (χ4v) is 4.68. The highest BCUT2D eigenvalue weighted by Gasteiger charge is 2.37. The Morgan fingerprint density at radius 3 is 1.92 bits per heavy atom. The molecule has 18 heteroatoms. The van der Waals surface area contributed by atoms with Crippen LogP contribution >= 0.6 is 0 Å². The van der Waals surface area contributed by atoms with Crippen LogP contribution in [0.15, 0.2) is 15.3 Å². The molecule has 2 rings (SSSR count). The van der Waals surface area contributed by atoms with Gasteiger partial charge in [0.15, 0.2) is 17.3 Å². The van der Waals surface area contributed by atoms with E-state index in [2.05, 4.69) is 10.6 Å². The summed E-state index contributed by atoms with van der Waals surface area (Å²) in [4.78, 5) is 114. The lowest BCUT2D eigenvalue weighted by Crippen LogP contribution is -2.43. The Morgan fingerprint density at radius 1 is 0.833 bits per heavy atom. The van der Waals surface area contributed by atoms with E-state index in [1.54, 1.807) is 13.8 Å². The van der Waals surface area contributed by atoms with Gasteiger partial charge in [0.05, 0.1) is 47.6 Å². The van der Waals surface area contributed by atoms with Gasteiger partial charge in [-0.15, -0.1) is 0 Å². The second kappa shape index (κ2) is 16.0. The Morgan fingerprint density at radius 2 is 1.42 bits per heavy atom. The van der Waals surface area contributed by atoms with Crippen molar-refractivity contribution in [3.8, 4) is 0 Å². The average Bonchev–Trinajstić information content (AvgIpc) is 2.98. The number of nitrogens with one attached hydrogen (secondary N) is 2. The minimum atomic E-state index is -1.83. The topological polar surface area (TPSA) is 330 Å². The normalized spacial score (nSPS) is 13.7. The van der Waals surface area contributed by atoms with E-state index < -0.39 is 142 Å². The Bertz CT molecular complexity index is 1730. The van der Waals surface area contributed by atoms with Gasteiger partial charge in [0.25, 0.3) is 0 Å². The molecule has 0 saturated carbocycles. The third kappa shape index (κ3) is 9.14. The third-order valence-corrected chi connectivity index (χ3v) is 7.26. The molecule has 1 aromatic carbocycles. The summed E-state index contributed by atoms with van der Waals surface area (Å²) in [7, 11) is 0. The average molecular weight is 676 g/mol. The summed E-state index contributed by atoms with van der Waals surface area (Å²) in [5.74, 6) is -10.4. The van der Waals surface area contributed by atoms with Gasteiger partial charge in [-0.1, -0.05) is 13.8 Å². The fourth-order valence-electron chi connectivity index (χ4n) is 4.68. The highest BCUT2D eigenvalue weighted by atomic mass is 16.4. The first-order chi connectivity index (χ1) is 22.2. The maximum Gasteiger partial charge on any atom is 0.341 e. The zero-order chi connectivity index (χ0) is 36.8. The number of fused-ring (bicyclic) bond motifs is 1. The summed E-state index contributed by atoms with van der Waals surface area (Å²) in [6, 6.07) is -5.77. The number of ketones is 3. The molecule has 1 aromatic heterocycles. The van der Waals surface area contributed by atoms with E-state index >= 15 is 0 Å². The molecule has 1 heterocycles. The van der Waals surface area contributed by atoms with Gasteiger partial charge < -0.3 is 47.6 Å². The molecular weight excluding hydrogens is 638 g/mol. The van der Waals surface area contributed by atoms with Crippen LogP contribution in [0.3, 0.4) is 0 Å². The number of hydrogen-bond acceptors (Lipinski definition) is 13. The zero-order valence-corrected chi connectivity index (χ0v) is 26.4. The number of Topliss-reactive ketones (excluding diaryl/α,β-unsaturated/α-hetero) is 3. The molecule has 0 aliphatic carbocycles. The summed E-state index contributed by atoms with van der Waals surface area (Å²) in [5.41, 5.74) is 13.3. The third-order valence-electron chi connectivity index (χ3n) is 7.26. The maximum atomic E-state index is 14.2. The largest absolute Gasteiger partial charge is 0.481 e. The quantitative estimate of drug-likeness (QED) is 0.0777. The fraction of sp³-hybridized carbons (Fsp3) is 0.433. The highest BCUT2D eigenvalue weighted by Crippen LogP contribution is 2.36. The Kier molecular flexibility index (Phi) is 12.9. The first-order valence-electron chi connectivity index (χ1n) is 14.5. The van der Waals surface area contributed by atoms with Crippen LogP contribution in [0.5, 0.6) is 0 Å². The van der Waals surface area contributed by atoms with Gasteiger partial charge in [-0.05, 0) is 25.3 Å². The predicted octanol–water partition coefficient (Wildman–Crippen LogP) is -0.455. The van der Waals surface area contributed by atoms with Crippen LogP contribution in [0.25, 0.3) is 11.0 Å². The standard InChI is InChI=1S/C30H37N5O13/c1-10(2)24(33)28(45)23-21(27(44)14(31)5-6-18(37)38)13(26(43)16(9-20(41)42)34-12(4)36)7-17-22(23)25(11(3)30(47)48-17)35-29(46)15(32)8-19(39)40/h7,10,14-16,24H,5-6,8-9,31-33H2,1-4H3,(H,34,36)(H,35,46)(H,37,38)(H,39,40)(H,41,42). The first kappa shape index (κ1) is 38.9. The van der Waals surface area contributed by atoms with Crippen molar-refractivity contribution < 1.29 is 58.1 Å². The second-order valence-corrected chi connectivity index (χ2v) is 11.4. The molecule has 0 spiro atoms. The van der Waals surface area contributed by atoms with Gasteiger partial charge in [0.2, 0.25) is 11.8 Å². The van der Waals surface area contributed by atoms with E-state index in [4.69, 9.17) is 26.7 Å². The number of carbonyl (C=O) groups excluding carboxylic acids is 5. The monoisotopic (exact) mass is 675 g/mol. The van der Waals surface area contributed by atoms with Crippen molar-refractivity contribution in [3.63, 3.8) is 0 Å². The number of benzene rings is 1. The maximum absolute atomic E-state index is 14.2. The smallest absolute Gasteiger partial charge is 0.341 e. The van der Waals surface area contributed by atoms with Crippen molar-refractivity contribution in [2.75, 3.05) is 5.32 Å². The lowest BCUT2D eigenvalue weighted by Gasteiger charge is -2.24. The molecule has 260 valence electrons. The van der Waals surface area contributed by atoms with Crippen LogP contribution in [-0.2, 0) is 24.0 Å². The molecule has 0 bridgehead atoms. The Balaban J connectivity index is 3.24. The van der Waals surface area contributed by atoms with Gasteiger partial charge in [0, 0.05) is 30.0 Å². The predicted molar refractivity (Wildman–Crippen MR) is 167 cm³/mol. The Labute approximate surface area is 272 Å². The van der Waals surface area contributed by atoms with E-state index in [1.807, 2.05) is 0 Å². The van der Waals surface area contributed by atoms with E-state index in [0.29, 0.717) is 0 Å². The van der Waals surface area contributed by atoms with Crippen molar-refractivity contribution in [2.45, 2.75) is 77.5 Å². The van der Waals surface area contributed by atoms with Gasteiger partial charge in [-0.2, -0.15) is 0 Å².